The summed E-state index contributed by atoms with van der Waals surface area (Å²) in [5.74, 6) is -1.68. The summed E-state index contributed by atoms with van der Waals surface area (Å²) in [5.41, 5.74) is 0. The fourth-order valence-electron chi connectivity index (χ4n) is 2.70. The summed E-state index contributed by atoms with van der Waals surface area (Å²) < 4.78 is 45.3. The van der Waals surface area contributed by atoms with Gasteiger partial charge in [-0.1, -0.05) is 0 Å². The van der Waals surface area contributed by atoms with Crippen LogP contribution in [-0.2, 0) is 52.2 Å². The molecule has 1 heterocycles. The third-order valence-electron chi connectivity index (χ3n) is 3.79. The van der Waals surface area contributed by atoms with Crippen LogP contribution in [0, 0.1) is 0 Å². The number of esters is 2. The lowest BCUT2D eigenvalue weighted by atomic mass is 9.98. The van der Waals surface area contributed by atoms with Gasteiger partial charge in [-0.25, -0.2) is 14.4 Å². The molecule has 1 rings (SSSR count). The van der Waals surface area contributed by atoms with E-state index in [9.17, 15) is 24.0 Å². The van der Waals surface area contributed by atoms with E-state index in [-0.39, 0.29) is 19.8 Å². The lowest BCUT2D eigenvalue weighted by Crippen LogP contribution is -2.63. The van der Waals surface area contributed by atoms with Crippen LogP contribution in [0.15, 0.2) is 0 Å². The van der Waals surface area contributed by atoms with Crippen LogP contribution in [0.1, 0.15) is 34.6 Å². The number of rotatable bonds is 9. The van der Waals surface area contributed by atoms with E-state index in [1.165, 1.54) is 13.8 Å². The molecule has 0 amide bonds. The van der Waals surface area contributed by atoms with Crippen molar-refractivity contribution in [1.82, 2.24) is 0 Å². The van der Waals surface area contributed by atoms with Crippen LogP contribution in [0.25, 0.3) is 0 Å². The minimum absolute atomic E-state index is 0.0201. The van der Waals surface area contributed by atoms with Gasteiger partial charge >= 0.3 is 30.4 Å². The Morgan fingerprint density at radius 1 is 0.606 bits per heavy atom. The molecule has 1 aliphatic heterocycles. The van der Waals surface area contributed by atoms with Crippen molar-refractivity contribution in [3.05, 3.63) is 0 Å². The summed E-state index contributed by atoms with van der Waals surface area (Å²) in [7, 11) is 0. The highest BCUT2D eigenvalue weighted by Crippen LogP contribution is 2.30. The van der Waals surface area contributed by atoms with Crippen molar-refractivity contribution in [2.45, 2.75) is 65.3 Å². The van der Waals surface area contributed by atoms with Gasteiger partial charge in [-0.2, -0.15) is 0 Å². The van der Waals surface area contributed by atoms with Gasteiger partial charge in [0.25, 0.3) is 0 Å². The topological polar surface area (TPSA) is 168 Å². The van der Waals surface area contributed by atoms with Gasteiger partial charge < -0.3 is 42.6 Å². The molecular weight excluding hydrogens is 452 g/mol. The Balaban J connectivity index is 3.35. The van der Waals surface area contributed by atoms with Gasteiger partial charge in [-0.3, -0.25) is 9.59 Å². The Hall–Kier alpha value is -3.29. The lowest BCUT2D eigenvalue weighted by molar-refractivity contribution is -0.297. The molecule has 0 saturated carbocycles. The summed E-state index contributed by atoms with van der Waals surface area (Å²) in [4.78, 5) is 59.0. The van der Waals surface area contributed by atoms with Crippen LogP contribution in [-0.4, -0.2) is 87.5 Å². The number of hydrogen-bond acceptors (Lipinski definition) is 14. The van der Waals surface area contributed by atoms with Crippen molar-refractivity contribution >= 4 is 30.4 Å². The largest absolute Gasteiger partial charge is 0.508 e. The quantitative estimate of drug-likeness (QED) is 0.343. The first kappa shape index (κ1) is 27.7. The highest BCUT2D eigenvalue weighted by molar-refractivity contribution is 5.67. The Morgan fingerprint density at radius 3 is 1.58 bits per heavy atom. The molecule has 33 heavy (non-hydrogen) atoms. The van der Waals surface area contributed by atoms with Crippen LogP contribution < -0.4 is 0 Å². The van der Waals surface area contributed by atoms with E-state index in [1.807, 2.05) is 0 Å². The first-order chi connectivity index (χ1) is 15.6. The number of carbonyl (C=O) groups is 5. The Bertz CT molecular complexity index is 692. The molecule has 0 radical (unpaired) electrons. The maximum absolute atomic E-state index is 12.1. The fraction of sp³-hybridized carbons (Fsp3) is 0.737. The zero-order chi connectivity index (χ0) is 25.0. The number of carbonyl (C=O) groups excluding carboxylic acids is 5. The summed E-state index contributed by atoms with van der Waals surface area (Å²) in [6.07, 6.45) is -11.2. The molecule has 0 aromatic carbocycles. The molecule has 0 unspecified atom stereocenters. The van der Waals surface area contributed by atoms with Crippen LogP contribution >= 0.6 is 0 Å². The molecule has 0 aliphatic carbocycles. The first-order valence-electron chi connectivity index (χ1n) is 10.1. The highest BCUT2D eigenvalue weighted by atomic mass is 16.8. The monoisotopic (exact) mass is 480 g/mol. The van der Waals surface area contributed by atoms with Gasteiger partial charge in [0.1, 0.15) is 12.7 Å². The van der Waals surface area contributed by atoms with Gasteiger partial charge in [0.2, 0.25) is 12.4 Å². The van der Waals surface area contributed by atoms with Crippen molar-refractivity contribution in [3.8, 4) is 0 Å². The predicted molar refractivity (Wildman–Crippen MR) is 103 cm³/mol. The van der Waals surface area contributed by atoms with Gasteiger partial charge in [-0.05, 0) is 20.8 Å². The standard InChI is InChI=1S/C19H28O14/c1-6-25-17(22)28-9-12-13(32-18(23)26-7-2)14(33-19(24)27-8-3)15(29-10(4)20)16(31-12)30-11(5)21/h12-16H,6-9H2,1-5H3/t12-,13-,14+,15+,16-/m1/s1. The third kappa shape index (κ3) is 9.39. The second-order valence-electron chi connectivity index (χ2n) is 6.25. The molecule has 5 atom stereocenters. The molecule has 0 aromatic rings. The Kier molecular flexibility index (Phi) is 11.8. The van der Waals surface area contributed by atoms with Crippen molar-refractivity contribution < 1.29 is 66.6 Å². The lowest BCUT2D eigenvalue weighted by Gasteiger charge is -2.43. The zero-order valence-corrected chi connectivity index (χ0v) is 18.9. The SMILES string of the molecule is CCOC(=O)OC[C@H]1O[C@@H](OC(C)=O)[C@@H](OC(C)=O)[C@@H](OC(=O)OCC)[C@@H]1OC(=O)OCC. The molecule has 14 heteroatoms. The zero-order valence-electron chi connectivity index (χ0n) is 18.9. The second-order valence-corrected chi connectivity index (χ2v) is 6.25. The minimum atomic E-state index is -1.62. The van der Waals surface area contributed by atoms with Crippen molar-refractivity contribution in [2.24, 2.45) is 0 Å². The third-order valence-corrected chi connectivity index (χ3v) is 3.79. The first-order valence-corrected chi connectivity index (χ1v) is 10.1. The average molecular weight is 480 g/mol. The molecule has 0 spiro atoms. The molecule has 1 saturated heterocycles. The molecule has 188 valence electrons. The molecule has 14 nitrogen and oxygen atoms in total. The summed E-state index contributed by atoms with van der Waals surface area (Å²) >= 11 is 0. The van der Waals surface area contributed by atoms with Crippen LogP contribution in [0.5, 0.6) is 0 Å². The predicted octanol–water partition coefficient (Wildman–Crippen LogP) is 1.46. The van der Waals surface area contributed by atoms with E-state index in [0.717, 1.165) is 13.8 Å². The second kappa shape index (κ2) is 14.0. The van der Waals surface area contributed by atoms with E-state index in [0.29, 0.717) is 0 Å². The van der Waals surface area contributed by atoms with Crippen LogP contribution in [0.4, 0.5) is 14.4 Å². The normalized spacial score (nSPS) is 24.0. The van der Waals surface area contributed by atoms with Crippen LogP contribution in [0.2, 0.25) is 0 Å². The van der Waals surface area contributed by atoms with E-state index < -0.39 is 67.7 Å². The maximum Gasteiger partial charge on any atom is 0.508 e. The van der Waals surface area contributed by atoms with Gasteiger partial charge in [0.05, 0.1) is 19.8 Å². The number of hydrogen-bond donors (Lipinski definition) is 0. The van der Waals surface area contributed by atoms with E-state index in [1.54, 1.807) is 6.92 Å². The molecule has 1 fully saturated rings. The maximum atomic E-state index is 12.1. The molecule has 0 bridgehead atoms. The fourth-order valence-corrected chi connectivity index (χ4v) is 2.70. The van der Waals surface area contributed by atoms with Crippen molar-refractivity contribution in [2.75, 3.05) is 26.4 Å². The van der Waals surface area contributed by atoms with Crippen LogP contribution in [0.3, 0.4) is 0 Å². The van der Waals surface area contributed by atoms with Gasteiger partial charge in [0, 0.05) is 13.8 Å². The Labute approximate surface area is 189 Å². The highest BCUT2D eigenvalue weighted by Gasteiger charge is 2.54. The summed E-state index contributed by atoms with van der Waals surface area (Å²) in [5, 5.41) is 0. The molecule has 0 aromatic heterocycles. The molecule has 1 aliphatic rings. The molecule has 0 N–H and O–H groups in total. The van der Waals surface area contributed by atoms with E-state index in [2.05, 4.69) is 4.74 Å². The number of ether oxygens (including phenoxy) is 9. The summed E-state index contributed by atoms with van der Waals surface area (Å²) in [6, 6.07) is 0. The van der Waals surface area contributed by atoms with Gasteiger partial charge in [-0.15, -0.1) is 0 Å². The van der Waals surface area contributed by atoms with Crippen molar-refractivity contribution in [3.63, 3.8) is 0 Å². The average Bonchev–Trinajstić information content (AvgIpc) is 2.71. The van der Waals surface area contributed by atoms with E-state index >= 15 is 0 Å². The van der Waals surface area contributed by atoms with Crippen molar-refractivity contribution in [1.29, 1.82) is 0 Å². The van der Waals surface area contributed by atoms with E-state index in [4.69, 9.17) is 37.9 Å². The minimum Gasteiger partial charge on any atom is -0.452 e. The molecular formula is C19H28O14. The smallest absolute Gasteiger partial charge is 0.452 e. The Morgan fingerprint density at radius 2 is 1.09 bits per heavy atom. The van der Waals surface area contributed by atoms with Gasteiger partial charge in [0.15, 0.2) is 12.2 Å². The summed E-state index contributed by atoms with van der Waals surface area (Å²) in [6.45, 7) is 6.00.